The smallest absolute Gasteiger partial charge is 0.335 e. The number of nitrogens with zero attached hydrogens (tertiary/aromatic N) is 1. The summed E-state index contributed by atoms with van der Waals surface area (Å²) in [4.78, 5) is 11.7. The Morgan fingerprint density at radius 3 is 2.50 bits per heavy atom. The summed E-state index contributed by atoms with van der Waals surface area (Å²) in [6, 6.07) is 13.3. The molecule has 174 valence electrons. The van der Waals surface area contributed by atoms with E-state index >= 15 is 0 Å². The number of ether oxygens (including phenoxy) is 1. The highest BCUT2D eigenvalue weighted by Gasteiger charge is 2.29. The highest BCUT2D eigenvalue weighted by atomic mass is 19.1. The first-order chi connectivity index (χ1) is 16.3. The van der Waals surface area contributed by atoms with Crippen molar-refractivity contribution in [1.82, 2.24) is 4.57 Å². The molecular formula is C27H23F2NO4. The summed E-state index contributed by atoms with van der Waals surface area (Å²) in [5, 5.41) is 21.1. The highest BCUT2D eigenvalue weighted by Crippen LogP contribution is 2.46. The first kappa shape index (κ1) is 22.1. The third-order valence-corrected chi connectivity index (χ3v) is 6.49. The van der Waals surface area contributed by atoms with Crippen LogP contribution < -0.4 is 0 Å². The summed E-state index contributed by atoms with van der Waals surface area (Å²) < 4.78 is 36.1. The quantitative estimate of drug-likeness (QED) is 0.379. The molecular weight excluding hydrogens is 440 g/mol. The average Bonchev–Trinajstić information content (AvgIpc) is 3.15. The third-order valence-electron chi connectivity index (χ3n) is 6.49. The molecule has 2 heterocycles. The molecule has 5 rings (SSSR count). The lowest BCUT2D eigenvalue weighted by atomic mass is 9.89. The van der Waals surface area contributed by atoms with Gasteiger partial charge in [-0.3, -0.25) is 0 Å². The molecule has 0 bridgehead atoms. The van der Waals surface area contributed by atoms with E-state index in [9.17, 15) is 23.8 Å². The fourth-order valence-electron chi connectivity index (χ4n) is 4.84. The zero-order chi connectivity index (χ0) is 24.0. The summed E-state index contributed by atoms with van der Waals surface area (Å²) in [6.07, 6.45) is 1.40. The minimum Gasteiger partial charge on any atom is -0.507 e. The summed E-state index contributed by atoms with van der Waals surface area (Å²) in [5.74, 6) is -1.96. The molecule has 5 nitrogen and oxygen atoms in total. The first-order valence-corrected chi connectivity index (χ1v) is 11.1. The van der Waals surface area contributed by atoms with E-state index in [4.69, 9.17) is 4.74 Å². The molecule has 3 aromatic carbocycles. The number of carboxylic acid groups (broad SMARTS) is 1. The topological polar surface area (TPSA) is 71.7 Å². The minimum atomic E-state index is -1.11. The monoisotopic (exact) mass is 463 g/mol. The molecule has 1 aliphatic heterocycles. The maximum absolute atomic E-state index is 14.5. The van der Waals surface area contributed by atoms with Gasteiger partial charge in [0.05, 0.1) is 11.1 Å². The van der Waals surface area contributed by atoms with Gasteiger partial charge in [0.25, 0.3) is 0 Å². The molecule has 1 aromatic heterocycles. The van der Waals surface area contributed by atoms with Gasteiger partial charge in [0.15, 0.2) is 0 Å². The molecule has 0 radical (unpaired) electrons. The van der Waals surface area contributed by atoms with Gasteiger partial charge in [-0.05, 0) is 79.9 Å². The van der Waals surface area contributed by atoms with Crippen LogP contribution in [0.5, 0.6) is 5.75 Å². The number of benzene rings is 3. The number of aryl methyl sites for hydroxylation is 1. The third kappa shape index (κ3) is 3.72. The van der Waals surface area contributed by atoms with Gasteiger partial charge in [-0.1, -0.05) is 0 Å². The van der Waals surface area contributed by atoms with Crippen LogP contribution in [0.25, 0.3) is 27.7 Å². The fraction of sp³-hybridized carbons (Fsp3) is 0.222. The molecule has 0 amide bonds. The summed E-state index contributed by atoms with van der Waals surface area (Å²) >= 11 is 0. The lowest BCUT2D eigenvalue weighted by molar-refractivity contribution is 0.0697. The molecule has 34 heavy (non-hydrogen) atoms. The number of phenolic OH excluding ortho intramolecular Hbond substituents is 1. The Kier molecular flexibility index (Phi) is 5.57. The van der Waals surface area contributed by atoms with Crippen molar-refractivity contribution in [2.24, 2.45) is 0 Å². The van der Waals surface area contributed by atoms with E-state index in [0.717, 1.165) is 5.69 Å². The highest BCUT2D eigenvalue weighted by molar-refractivity contribution is 6.02. The zero-order valence-electron chi connectivity index (χ0n) is 18.5. The van der Waals surface area contributed by atoms with Crippen LogP contribution in [0, 0.1) is 18.6 Å². The van der Waals surface area contributed by atoms with Crippen molar-refractivity contribution in [3.63, 3.8) is 0 Å². The van der Waals surface area contributed by atoms with Crippen molar-refractivity contribution >= 4 is 16.9 Å². The number of carboxylic acids is 1. The molecule has 1 saturated heterocycles. The molecule has 0 unspecified atom stereocenters. The Labute approximate surface area is 194 Å². The Morgan fingerprint density at radius 2 is 1.79 bits per heavy atom. The van der Waals surface area contributed by atoms with Gasteiger partial charge in [0.1, 0.15) is 17.4 Å². The van der Waals surface area contributed by atoms with E-state index in [1.165, 1.54) is 36.4 Å². The zero-order valence-corrected chi connectivity index (χ0v) is 18.5. The van der Waals surface area contributed by atoms with Crippen LogP contribution in [-0.4, -0.2) is 34.0 Å². The average molecular weight is 463 g/mol. The van der Waals surface area contributed by atoms with Gasteiger partial charge < -0.3 is 19.5 Å². The van der Waals surface area contributed by atoms with Crippen LogP contribution in [-0.2, 0) is 4.74 Å². The van der Waals surface area contributed by atoms with E-state index in [1.807, 2.05) is 4.57 Å². The number of carbonyl (C=O) groups is 1. The summed E-state index contributed by atoms with van der Waals surface area (Å²) in [6.45, 7) is 2.76. The van der Waals surface area contributed by atoms with Crippen molar-refractivity contribution in [1.29, 1.82) is 0 Å². The second kappa shape index (κ2) is 8.57. The van der Waals surface area contributed by atoms with Crippen LogP contribution in [0.4, 0.5) is 8.78 Å². The standard InChI is InChI=1S/C27H23F2NO4/c1-15-12-19(4-6-22(15)29)30-23-14-18(28)3-5-20(23)25(26(30)16-8-10-34-11-9-16)21-13-17(27(32)33)2-7-24(21)31/h2-7,12-14,16,31H,8-11H2,1H3,(H,32,33). The number of aromatic nitrogens is 1. The lowest BCUT2D eigenvalue weighted by Gasteiger charge is -2.26. The molecule has 4 aromatic rings. The van der Waals surface area contributed by atoms with E-state index in [2.05, 4.69) is 0 Å². The second-order valence-electron chi connectivity index (χ2n) is 8.61. The van der Waals surface area contributed by atoms with E-state index in [1.54, 1.807) is 25.1 Å². The van der Waals surface area contributed by atoms with Crippen LogP contribution in [0.2, 0.25) is 0 Å². The lowest BCUT2D eigenvalue weighted by Crippen LogP contribution is -2.17. The number of hydrogen-bond acceptors (Lipinski definition) is 3. The Balaban J connectivity index is 1.92. The van der Waals surface area contributed by atoms with Crippen molar-refractivity contribution in [2.75, 3.05) is 13.2 Å². The van der Waals surface area contributed by atoms with Crippen LogP contribution >= 0.6 is 0 Å². The number of rotatable bonds is 4. The molecule has 0 saturated carbocycles. The van der Waals surface area contributed by atoms with E-state index in [-0.39, 0.29) is 23.0 Å². The van der Waals surface area contributed by atoms with E-state index in [0.29, 0.717) is 59.3 Å². The number of aromatic carboxylic acids is 1. The number of fused-ring (bicyclic) bond motifs is 1. The number of phenols is 1. The number of aromatic hydroxyl groups is 1. The first-order valence-electron chi connectivity index (χ1n) is 11.1. The number of hydrogen-bond donors (Lipinski definition) is 2. The Morgan fingerprint density at radius 1 is 1.03 bits per heavy atom. The fourth-order valence-corrected chi connectivity index (χ4v) is 4.84. The largest absolute Gasteiger partial charge is 0.507 e. The summed E-state index contributed by atoms with van der Waals surface area (Å²) in [7, 11) is 0. The molecule has 0 atom stereocenters. The van der Waals surface area contributed by atoms with Gasteiger partial charge in [0.2, 0.25) is 0 Å². The van der Waals surface area contributed by atoms with Crippen molar-refractivity contribution < 1.29 is 28.5 Å². The van der Waals surface area contributed by atoms with E-state index < -0.39 is 11.8 Å². The maximum Gasteiger partial charge on any atom is 0.335 e. The van der Waals surface area contributed by atoms with Gasteiger partial charge in [-0.2, -0.15) is 0 Å². The molecule has 0 aliphatic carbocycles. The van der Waals surface area contributed by atoms with Crippen molar-refractivity contribution in [3.05, 3.63) is 83.1 Å². The Bertz CT molecular complexity index is 1420. The van der Waals surface area contributed by atoms with Crippen LogP contribution in [0.3, 0.4) is 0 Å². The predicted octanol–water partition coefficient (Wildman–Crippen LogP) is 6.18. The van der Waals surface area contributed by atoms with Gasteiger partial charge >= 0.3 is 5.97 Å². The van der Waals surface area contributed by atoms with Crippen LogP contribution in [0.15, 0.2) is 54.6 Å². The summed E-state index contributed by atoms with van der Waals surface area (Å²) in [5.41, 5.74) is 3.52. The van der Waals surface area contributed by atoms with Gasteiger partial charge in [-0.25, -0.2) is 13.6 Å². The van der Waals surface area contributed by atoms with Crippen LogP contribution in [0.1, 0.15) is 40.4 Å². The molecule has 1 aliphatic rings. The Hall–Kier alpha value is -3.71. The SMILES string of the molecule is Cc1cc(-n2c(C3CCOCC3)c(-c3cc(C(=O)O)ccc3O)c3ccc(F)cc32)ccc1F. The molecule has 2 N–H and O–H groups in total. The molecule has 1 fully saturated rings. The number of halogens is 2. The predicted molar refractivity (Wildman–Crippen MR) is 125 cm³/mol. The van der Waals surface area contributed by atoms with Crippen molar-refractivity contribution in [3.8, 4) is 22.6 Å². The minimum absolute atomic E-state index is 0.00236. The normalized spacial score (nSPS) is 14.6. The molecule has 0 spiro atoms. The second-order valence-corrected chi connectivity index (χ2v) is 8.61. The van der Waals surface area contributed by atoms with Crippen molar-refractivity contribution in [2.45, 2.75) is 25.7 Å². The van der Waals surface area contributed by atoms with Gasteiger partial charge in [-0.15, -0.1) is 0 Å². The van der Waals surface area contributed by atoms with Gasteiger partial charge in [0, 0.05) is 47.0 Å². The molecule has 7 heteroatoms. The maximum atomic E-state index is 14.5.